The SMILES string of the molecule is NC(=O)N1Cc2ccccc2C1. The summed E-state index contributed by atoms with van der Waals surface area (Å²) in [5, 5.41) is 0. The van der Waals surface area contributed by atoms with Gasteiger partial charge < -0.3 is 10.6 Å². The van der Waals surface area contributed by atoms with Crippen molar-refractivity contribution in [2.24, 2.45) is 5.73 Å². The van der Waals surface area contributed by atoms with Crippen molar-refractivity contribution in [2.45, 2.75) is 13.1 Å². The van der Waals surface area contributed by atoms with Crippen LogP contribution < -0.4 is 5.73 Å². The zero-order chi connectivity index (χ0) is 8.55. The van der Waals surface area contributed by atoms with E-state index in [9.17, 15) is 4.79 Å². The molecule has 0 spiro atoms. The van der Waals surface area contributed by atoms with Crippen molar-refractivity contribution in [1.29, 1.82) is 0 Å². The van der Waals surface area contributed by atoms with E-state index in [4.69, 9.17) is 5.73 Å². The van der Waals surface area contributed by atoms with Crippen LogP contribution in [0.3, 0.4) is 0 Å². The van der Waals surface area contributed by atoms with Gasteiger partial charge in [0.15, 0.2) is 0 Å². The fourth-order valence-electron chi connectivity index (χ4n) is 1.49. The first-order valence-corrected chi connectivity index (χ1v) is 3.88. The Morgan fingerprint density at radius 3 is 2.17 bits per heavy atom. The number of primary amides is 1. The van der Waals surface area contributed by atoms with Crippen molar-refractivity contribution in [3.8, 4) is 0 Å². The maximum atomic E-state index is 10.8. The van der Waals surface area contributed by atoms with Crippen LogP contribution in [-0.4, -0.2) is 10.9 Å². The monoisotopic (exact) mass is 162 g/mol. The van der Waals surface area contributed by atoms with E-state index < -0.39 is 0 Å². The fourth-order valence-corrected chi connectivity index (χ4v) is 1.49. The minimum absolute atomic E-state index is 0.341. The first-order chi connectivity index (χ1) is 5.77. The standard InChI is InChI=1S/C9H10N2O/c10-9(12)11-5-7-3-1-2-4-8(7)6-11/h1-4H,5-6H2,(H2,10,12). The van der Waals surface area contributed by atoms with Gasteiger partial charge in [0, 0.05) is 13.1 Å². The molecule has 1 aliphatic heterocycles. The molecule has 0 saturated heterocycles. The lowest BCUT2D eigenvalue weighted by molar-refractivity contribution is 0.208. The summed E-state index contributed by atoms with van der Waals surface area (Å²) in [4.78, 5) is 12.4. The molecule has 12 heavy (non-hydrogen) atoms. The summed E-state index contributed by atoms with van der Waals surface area (Å²) >= 11 is 0. The maximum absolute atomic E-state index is 10.8. The van der Waals surface area contributed by atoms with Crippen molar-refractivity contribution in [1.82, 2.24) is 4.90 Å². The Labute approximate surface area is 70.8 Å². The molecular formula is C9H10N2O. The number of rotatable bonds is 0. The molecule has 0 bridgehead atoms. The molecule has 1 aromatic rings. The first kappa shape index (κ1) is 7.16. The second kappa shape index (κ2) is 2.52. The number of hydrogen-bond acceptors (Lipinski definition) is 1. The molecule has 3 nitrogen and oxygen atoms in total. The van der Waals surface area contributed by atoms with Gasteiger partial charge in [-0.3, -0.25) is 0 Å². The predicted molar refractivity (Wildman–Crippen MR) is 45.3 cm³/mol. The van der Waals surface area contributed by atoms with E-state index in [1.165, 1.54) is 11.1 Å². The average molecular weight is 162 g/mol. The van der Waals surface area contributed by atoms with E-state index in [-0.39, 0.29) is 6.03 Å². The lowest BCUT2D eigenvalue weighted by atomic mass is 10.1. The predicted octanol–water partition coefficient (Wildman–Crippen LogP) is 1.08. The molecule has 1 aromatic carbocycles. The van der Waals surface area contributed by atoms with Gasteiger partial charge >= 0.3 is 6.03 Å². The highest BCUT2D eigenvalue weighted by molar-refractivity contribution is 5.72. The van der Waals surface area contributed by atoms with Gasteiger partial charge in [0.1, 0.15) is 0 Å². The molecule has 2 amide bonds. The van der Waals surface area contributed by atoms with Crippen molar-refractivity contribution >= 4 is 6.03 Å². The average Bonchev–Trinajstić information content (AvgIpc) is 2.46. The number of nitrogens with two attached hydrogens (primary N) is 1. The molecule has 0 fully saturated rings. The molecule has 1 aliphatic rings. The van der Waals surface area contributed by atoms with Gasteiger partial charge in [0.2, 0.25) is 0 Å². The Balaban J connectivity index is 2.27. The number of benzene rings is 1. The Kier molecular flexibility index (Phi) is 1.50. The van der Waals surface area contributed by atoms with Crippen molar-refractivity contribution in [3.05, 3.63) is 35.4 Å². The van der Waals surface area contributed by atoms with Crippen LogP contribution in [0.1, 0.15) is 11.1 Å². The van der Waals surface area contributed by atoms with Crippen LogP contribution in [0.25, 0.3) is 0 Å². The van der Waals surface area contributed by atoms with Gasteiger partial charge in [-0.1, -0.05) is 24.3 Å². The Morgan fingerprint density at radius 1 is 1.25 bits per heavy atom. The van der Waals surface area contributed by atoms with Gasteiger partial charge in [-0.05, 0) is 11.1 Å². The van der Waals surface area contributed by atoms with E-state index in [1.54, 1.807) is 4.90 Å². The van der Waals surface area contributed by atoms with Gasteiger partial charge in [0.25, 0.3) is 0 Å². The van der Waals surface area contributed by atoms with E-state index in [0.717, 1.165) is 0 Å². The molecule has 0 radical (unpaired) electrons. The first-order valence-electron chi connectivity index (χ1n) is 3.88. The van der Waals surface area contributed by atoms with Crippen molar-refractivity contribution < 1.29 is 4.79 Å². The minimum atomic E-state index is -0.341. The molecule has 62 valence electrons. The molecule has 0 aromatic heterocycles. The number of carbonyl (C=O) groups is 1. The third-order valence-corrected chi connectivity index (χ3v) is 2.15. The van der Waals surface area contributed by atoms with Gasteiger partial charge in [-0.15, -0.1) is 0 Å². The number of amides is 2. The Morgan fingerprint density at radius 2 is 1.75 bits per heavy atom. The van der Waals surface area contributed by atoms with E-state index in [2.05, 4.69) is 0 Å². The molecule has 1 heterocycles. The molecule has 0 unspecified atom stereocenters. The summed E-state index contributed by atoms with van der Waals surface area (Å²) in [5.74, 6) is 0. The topological polar surface area (TPSA) is 46.3 Å². The highest BCUT2D eigenvalue weighted by atomic mass is 16.2. The highest BCUT2D eigenvalue weighted by Crippen LogP contribution is 2.21. The molecular weight excluding hydrogens is 152 g/mol. The lowest BCUT2D eigenvalue weighted by Gasteiger charge is -2.10. The number of carbonyl (C=O) groups excluding carboxylic acids is 1. The van der Waals surface area contributed by atoms with Gasteiger partial charge in [0.05, 0.1) is 0 Å². The summed E-state index contributed by atoms with van der Waals surface area (Å²) in [5.41, 5.74) is 7.57. The summed E-state index contributed by atoms with van der Waals surface area (Å²) in [6, 6.07) is 7.66. The van der Waals surface area contributed by atoms with Crippen molar-refractivity contribution in [2.75, 3.05) is 0 Å². The lowest BCUT2D eigenvalue weighted by Crippen LogP contribution is -2.30. The molecule has 2 rings (SSSR count). The van der Waals surface area contributed by atoms with Crippen LogP contribution in [0.2, 0.25) is 0 Å². The number of nitrogens with zero attached hydrogens (tertiary/aromatic N) is 1. The summed E-state index contributed by atoms with van der Waals surface area (Å²) in [6.07, 6.45) is 0. The van der Waals surface area contributed by atoms with E-state index in [1.807, 2.05) is 24.3 Å². The smallest absolute Gasteiger partial charge is 0.315 e. The number of fused-ring (bicyclic) bond motifs is 1. The minimum Gasteiger partial charge on any atom is -0.351 e. The third kappa shape index (κ3) is 1.03. The number of urea groups is 1. The quantitative estimate of drug-likeness (QED) is 0.609. The Bertz CT molecular complexity index is 297. The van der Waals surface area contributed by atoms with Crippen LogP contribution in [-0.2, 0) is 13.1 Å². The zero-order valence-corrected chi connectivity index (χ0v) is 6.66. The fraction of sp³-hybridized carbons (Fsp3) is 0.222. The largest absolute Gasteiger partial charge is 0.351 e. The van der Waals surface area contributed by atoms with E-state index >= 15 is 0 Å². The van der Waals surface area contributed by atoms with E-state index in [0.29, 0.717) is 13.1 Å². The number of hydrogen-bond donors (Lipinski definition) is 1. The normalized spacial score (nSPS) is 14.5. The summed E-state index contributed by atoms with van der Waals surface area (Å²) < 4.78 is 0. The zero-order valence-electron chi connectivity index (χ0n) is 6.66. The van der Waals surface area contributed by atoms with Gasteiger partial charge in [-0.2, -0.15) is 0 Å². The summed E-state index contributed by atoms with van der Waals surface area (Å²) in [7, 11) is 0. The van der Waals surface area contributed by atoms with Crippen LogP contribution in [0.5, 0.6) is 0 Å². The second-order valence-corrected chi connectivity index (χ2v) is 2.96. The third-order valence-electron chi connectivity index (χ3n) is 2.15. The Hall–Kier alpha value is -1.51. The van der Waals surface area contributed by atoms with Crippen LogP contribution in [0, 0.1) is 0 Å². The highest BCUT2D eigenvalue weighted by Gasteiger charge is 2.20. The molecule has 2 N–H and O–H groups in total. The molecule has 0 aliphatic carbocycles. The van der Waals surface area contributed by atoms with Crippen LogP contribution in [0.4, 0.5) is 4.79 Å². The van der Waals surface area contributed by atoms with Crippen LogP contribution >= 0.6 is 0 Å². The molecule has 3 heteroatoms. The molecule has 0 atom stereocenters. The molecule has 0 saturated carbocycles. The van der Waals surface area contributed by atoms with Crippen LogP contribution in [0.15, 0.2) is 24.3 Å². The van der Waals surface area contributed by atoms with Crippen molar-refractivity contribution in [3.63, 3.8) is 0 Å². The second-order valence-electron chi connectivity index (χ2n) is 2.96. The summed E-state index contributed by atoms with van der Waals surface area (Å²) in [6.45, 7) is 1.32. The maximum Gasteiger partial charge on any atom is 0.315 e. The van der Waals surface area contributed by atoms with Gasteiger partial charge in [-0.25, -0.2) is 4.79 Å².